The van der Waals surface area contributed by atoms with Gasteiger partial charge in [-0.2, -0.15) is 0 Å². The molecule has 0 heterocycles. The van der Waals surface area contributed by atoms with Crippen LogP contribution in [0.2, 0.25) is 0 Å². The van der Waals surface area contributed by atoms with E-state index in [1.807, 2.05) is 0 Å². The van der Waals surface area contributed by atoms with Crippen molar-refractivity contribution in [1.82, 2.24) is 5.43 Å². The van der Waals surface area contributed by atoms with E-state index in [9.17, 15) is 0 Å². The fourth-order valence-corrected chi connectivity index (χ4v) is 2.44. The second-order valence-corrected chi connectivity index (χ2v) is 5.52. The van der Waals surface area contributed by atoms with Crippen LogP contribution < -0.4 is 11.3 Å². The van der Waals surface area contributed by atoms with Gasteiger partial charge in [-0.1, -0.05) is 54.1 Å². The number of hydrogen-bond donors (Lipinski definition) is 2. The quantitative estimate of drug-likeness (QED) is 0.623. The van der Waals surface area contributed by atoms with Crippen molar-refractivity contribution < 1.29 is 0 Å². The third-order valence-corrected chi connectivity index (χ3v) is 3.87. The van der Waals surface area contributed by atoms with Gasteiger partial charge in [0.1, 0.15) is 0 Å². The summed E-state index contributed by atoms with van der Waals surface area (Å²) in [6, 6.07) is 17.6. The average Bonchev–Trinajstić information content (AvgIpc) is 2.47. The molecule has 3 N–H and O–H groups in total. The Balaban J connectivity index is 1.92. The van der Waals surface area contributed by atoms with Gasteiger partial charge in [0.05, 0.1) is 0 Å². The summed E-state index contributed by atoms with van der Waals surface area (Å²) in [5.41, 5.74) is 8.35. The number of aryl methyl sites for hydroxylation is 3. The molecule has 0 saturated carbocycles. The molecule has 0 bridgehead atoms. The zero-order chi connectivity index (χ0) is 14.4. The van der Waals surface area contributed by atoms with E-state index in [-0.39, 0.29) is 0 Å². The molecule has 1 atom stereocenters. The fraction of sp³-hybridized carbons (Fsp3) is 0.333. The number of hydrogen-bond acceptors (Lipinski definition) is 2. The van der Waals surface area contributed by atoms with E-state index in [1.54, 1.807) is 0 Å². The molecule has 2 nitrogen and oxygen atoms in total. The predicted octanol–water partition coefficient (Wildman–Crippen LogP) is 3.31. The van der Waals surface area contributed by atoms with E-state index in [1.165, 1.54) is 22.3 Å². The van der Waals surface area contributed by atoms with Crippen molar-refractivity contribution in [2.45, 2.75) is 39.2 Å². The Kier molecular flexibility index (Phi) is 5.33. The molecule has 2 aromatic carbocycles. The van der Waals surface area contributed by atoms with Gasteiger partial charge in [0.2, 0.25) is 0 Å². The van der Waals surface area contributed by atoms with Gasteiger partial charge in [-0.05, 0) is 49.8 Å². The number of hydrazine groups is 1. The molecule has 1 unspecified atom stereocenters. The monoisotopic (exact) mass is 268 g/mol. The maximum atomic E-state index is 5.71. The summed E-state index contributed by atoms with van der Waals surface area (Å²) in [7, 11) is 0. The van der Waals surface area contributed by atoms with Crippen LogP contribution >= 0.6 is 0 Å². The van der Waals surface area contributed by atoms with Gasteiger partial charge < -0.3 is 0 Å². The Morgan fingerprint density at radius 1 is 1.00 bits per heavy atom. The van der Waals surface area contributed by atoms with E-state index in [4.69, 9.17) is 5.84 Å². The van der Waals surface area contributed by atoms with Crippen LogP contribution in [-0.4, -0.2) is 6.04 Å². The topological polar surface area (TPSA) is 38.0 Å². The predicted molar refractivity (Wildman–Crippen MR) is 85.5 cm³/mol. The van der Waals surface area contributed by atoms with Gasteiger partial charge in [0.25, 0.3) is 0 Å². The highest BCUT2D eigenvalue weighted by Crippen LogP contribution is 2.13. The minimum absolute atomic E-state index is 0.317. The molecule has 0 aliphatic rings. The fourth-order valence-electron chi connectivity index (χ4n) is 2.44. The first-order chi connectivity index (χ1) is 9.69. The van der Waals surface area contributed by atoms with Crippen LogP contribution in [0.15, 0.2) is 48.5 Å². The number of nitrogens with two attached hydrogens (primary N) is 1. The lowest BCUT2D eigenvalue weighted by Gasteiger charge is -2.17. The maximum Gasteiger partial charge on any atom is 0.0254 e. The maximum absolute atomic E-state index is 5.71. The van der Waals surface area contributed by atoms with Gasteiger partial charge in [-0.15, -0.1) is 0 Å². The molecule has 0 aliphatic heterocycles. The summed E-state index contributed by atoms with van der Waals surface area (Å²) in [5.74, 6) is 5.71. The van der Waals surface area contributed by atoms with Crippen LogP contribution in [0.5, 0.6) is 0 Å². The van der Waals surface area contributed by atoms with Crippen molar-refractivity contribution >= 4 is 0 Å². The third kappa shape index (κ3) is 4.19. The standard InChI is InChI=1S/C18H24N2/c1-14-7-9-16(10-8-14)11-12-18(20-19)13-17-6-4-3-5-15(17)2/h3-10,18,20H,11-13,19H2,1-2H3. The van der Waals surface area contributed by atoms with E-state index >= 15 is 0 Å². The highest BCUT2D eigenvalue weighted by Gasteiger charge is 2.09. The largest absolute Gasteiger partial charge is 0.271 e. The Labute approximate surface area is 122 Å². The van der Waals surface area contributed by atoms with Crippen molar-refractivity contribution in [2.75, 3.05) is 0 Å². The van der Waals surface area contributed by atoms with Crippen LogP contribution in [-0.2, 0) is 12.8 Å². The minimum Gasteiger partial charge on any atom is -0.271 e. The molecule has 0 amide bonds. The molecular formula is C18H24N2. The molecule has 0 fully saturated rings. The molecule has 2 rings (SSSR count). The summed E-state index contributed by atoms with van der Waals surface area (Å²) in [6.07, 6.45) is 3.09. The molecular weight excluding hydrogens is 244 g/mol. The molecule has 0 radical (unpaired) electrons. The van der Waals surface area contributed by atoms with Crippen molar-refractivity contribution in [3.63, 3.8) is 0 Å². The minimum atomic E-state index is 0.317. The molecule has 0 aromatic heterocycles. The van der Waals surface area contributed by atoms with Crippen molar-refractivity contribution in [3.8, 4) is 0 Å². The SMILES string of the molecule is Cc1ccc(CCC(Cc2ccccc2C)NN)cc1. The van der Waals surface area contributed by atoms with E-state index in [0.29, 0.717) is 6.04 Å². The zero-order valence-corrected chi connectivity index (χ0v) is 12.4. The first kappa shape index (κ1) is 14.8. The molecule has 20 heavy (non-hydrogen) atoms. The number of rotatable bonds is 6. The van der Waals surface area contributed by atoms with Crippen LogP contribution in [0.1, 0.15) is 28.7 Å². The molecule has 0 saturated heterocycles. The normalized spacial score (nSPS) is 12.3. The Morgan fingerprint density at radius 2 is 1.70 bits per heavy atom. The summed E-state index contributed by atoms with van der Waals surface area (Å²) in [6.45, 7) is 4.27. The second-order valence-electron chi connectivity index (χ2n) is 5.52. The molecule has 2 aromatic rings. The third-order valence-electron chi connectivity index (χ3n) is 3.87. The Morgan fingerprint density at radius 3 is 2.35 bits per heavy atom. The summed E-state index contributed by atoms with van der Waals surface area (Å²) >= 11 is 0. The van der Waals surface area contributed by atoms with Gasteiger partial charge in [0, 0.05) is 6.04 Å². The molecule has 2 heteroatoms. The number of nitrogens with one attached hydrogen (secondary N) is 1. The van der Waals surface area contributed by atoms with Crippen molar-refractivity contribution in [2.24, 2.45) is 5.84 Å². The van der Waals surface area contributed by atoms with Gasteiger partial charge >= 0.3 is 0 Å². The van der Waals surface area contributed by atoms with E-state index < -0.39 is 0 Å². The summed E-state index contributed by atoms with van der Waals surface area (Å²) in [5, 5.41) is 0. The molecule has 106 valence electrons. The lowest BCUT2D eigenvalue weighted by molar-refractivity contribution is 0.490. The first-order valence-electron chi connectivity index (χ1n) is 7.25. The first-order valence-corrected chi connectivity index (χ1v) is 7.25. The lowest BCUT2D eigenvalue weighted by atomic mass is 9.97. The van der Waals surface area contributed by atoms with Gasteiger partial charge in [-0.25, -0.2) is 0 Å². The van der Waals surface area contributed by atoms with Gasteiger partial charge in [0.15, 0.2) is 0 Å². The molecule has 0 aliphatic carbocycles. The smallest absolute Gasteiger partial charge is 0.0254 e. The Bertz CT molecular complexity index is 531. The summed E-state index contributed by atoms with van der Waals surface area (Å²) < 4.78 is 0. The highest BCUT2D eigenvalue weighted by atomic mass is 15.2. The van der Waals surface area contributed by atoms with E-state index in [2.05, 4.69) is 67.8 Å². The van der Waals surface area contributed by atoms with Crippen molar-refractivity contribution in [3.05, 3.63) is 70.8 Å². The van der Waals surface area contributed by atoms with Crippen LogP contribution in [0.4, 0.5) is 0 Å². The second kappa shape index (κ2) is 7.22. The van der Waals surface area contributed by atoms with Gasteiger partial charge in [-0.3, -0.25) is 11.3 Å². The zero-order valence-electron chi connectivity index (χ0n) is 12.4. The summed E-state index contributed by atoms with van der Waals surface area (Å²) in [4.78, 5) is 0. The number of benzene rings is 2. The van der Waals surface area contributed by atoms with Crippen molar-refractivity contribution in [1.29, 1.82) is 0 Å². The molecule has 0 spiro atoms. The van der Waals surface area contributed by atoms with Crippen LogP contribution in [0.25, 0.3) is 0 Å². The Hall–Kier alpha value is -1.64. The van der Waals surface area contributed by atoms with Crippen LogP contribution in [0, 0.1) is 13.8 Å². The highest BCUT2D eigenvalue weighted by molar-refractivity contribution is 5.26. The van der Waals surface area contributed by atoms with Crippen LogP contribution in [0.3, 0.4) is 0 Å². The van der Waals surface area contributed by atoms with E-state index in [0.717, 1.165) is 19.3 Å². The lowest BCUT2D eigenvalue weighted by Crippen LogP contribution is -2.37. The average molecular weight is 268 g/mol.